The predicted molar refractivity (Wildman–Crippen MR) is 123 cm³/mol. The highest BCUT2D eigenvalue weighted by Gasteiger charge is 2.55. The van der Waals surface area contributed by atoms with Crippen molar-refractivity contribution in [3.05, 3.63) is 22.8 Å². The van der Waals surface area contributed by atoms with E-state index in [9.17, 15) is 4.79 Å². The van der Waals surface area contributed by atoms with Gasteiger partial charge in [-0.05, 0) is 106 Å². The van der Waals surface area contributed by atoms with Crippen LogP contribution < -0.4 is 0 Å². The van der Waals surface area contributed by atoms with Crippen LogP contribution in [0, 0.1) is 34.5 Å². The topological polar surface area (TPSA) is 17.1 Å². The van der Waals surface area contributed by atoms with Crippen LogP contribution >= 0.6 is 0 Å². The highest BCUT2D eigenvalue weighted by Crippen LogP contribution is 2.65. The van der Waals surface area contributed by atoms with E-state index < -0.39 is 0 Å². The Balaban J connectivity index is 1.52. The number of Topliss-reactive ketones (excluding diaryl/α,β-unsaturated/α-hetero) is 1. The second-order valence-electron chi connectivity index (χ2n) is 11.6. The summed E-state index contributed by atoms with van der Waals surface area (Å²) in [5.41, 5.74) is 6.13. The molecule has 0 aromatic carbocycles. The van der Waals surface area contributed by atoms with Gasteiger partial charge in [0.2, 0.25) is 0 Å². The summed E-state index contributed by atoms with van der Waals surface area (Å²) in [6.07, 6.45) is 17.3. The third kappa shape index (κ3) is 3.59. The molecule has 1 heteroatoms. The number of carbonyl (C=O) groups excluding carboxylic acids is 1. The molecule has 29 heavy (non-hydrogen) atoms. The molecule has 0 aliphatic heterocycles. The zero-order valence-corrected chi connectivity index (χ0v) is 19.8. The molecule has 2 fully saturated rings. The highest BCUT2D eigenvalue weighted by molar-refractivity contribution is 5.80. The summed E-state index contributed by atoms with van der Waals surface area (Å²) in [5.74, 6) is 3.74. The van der Waals surface area contributed by atoms with Crippen LogP contribution in [0.5, 0.6) is 0 Å². The summed E-state index contributed by atoms with van der Waals surface area (Å²) >= 11 is 0. The van der Waals surface area contributed by atoms with Gasteiger partial charge in [-0.25, -0.2) is 0 Å². The maximum Gasteiger partial charge on any atom is 0.133 e. The van der Waals surface area contributed by atoms with Crippen LogP contribution in [0.2, 0.25) is 0 Å². The minimum absolute atomic E-state index is 0.342. The van der Waals surface area contributed by atoms with E-state index >= 15 is 0 Å². The van der Waals surface area contributed by atoms with E-state index in [4.69, 9.17) is 0 Å². The molecular formula is C28H44O. The number of hydrogen-bond acceptors (Lipinski definition) is 1. The van der Waals surface area contributed by atoms with Gasteiger partial charge in [0.05, 0.1) is 0 Å². The van der Waals surface area contributed by atoms with E-state index in [1.54, 1.807) is 5.57 Å². The van der Waals surface area contributed by atoms with Gasteiger partial charge >= 0.3 is 0 Å². The average Bonchev–Trinajstić information content (AvgIpc) is 3.05. The van der Waals surface area contributed by atoms with Crippen LogP contribution in [0.15, 0.2) is 22.8 Å². The molecule has 1 nitrogen and oxygen atoms in total. The van der Waals surface area contributed by atoms with Crippen molar-refractivity contribution in [2.75, 3.05) is 0 Å². The molecule has 0 amide bonds. The van der Waals surface area contributed by atoms with E-state index in [0.717, 1.165) is 37.0 Å². The van der Waals surface area contributed by atoms with Crippen molar-refractivity contribution in [2.24, 2.45) is 34.5 Å². The van der Waals surface area contributed by atoms with Crippen molar-refractivity contribution in [1.29, 1.82) is 0 Å². The van der Waals surface area contributed by atoms with Gasteiger partial charge in [-0.15, -0.1) is 0 Å². The molecule has 4 rings (SSSR count). The Kier molecular flexibility index (Phi) is 5.91. The molecule has 0 saturated heterocycles. The third-order valence-corrected chi connectivity index (χ3v) is 10.2. The molecule has 0 aromatic heterocycles. The van der Waals surface area contributed by atoms with Gasteiger partial charge in [0.15, 0.2) is 0 Å². The monoisotopic (exact) mass is 396 g/mol. The molecule has 0 radical (unpaired) electrons. The van der Waals surface area contributed by atoms with Crippen LogP contribution in [0.4, 0.5) is 0 Å². The third-order valence-electron chi connectivity index (χ3n) is 10.2. The van der Waals surface area contributed by atoms with E-state index in [1.807, 2.05) is 11.1 Å². The minimum atomic E-state index is 0.342. The van der Waals surface area contributed by atoms with Crippen LogP contribution in [0.1, 0.15) is 112 Å². The van der Waals surface area contributed by atoms with Crippen LogP contribution in [-0.4, -0.2) is 5.78 Å². The standard InChI is InChI=1S/C28H44O/c1-6-19(2)8-7-9-20(3)24-12-13-25-23-11-10-21-18-22(29)14-16-27(21,4)26(23)15-17-28(24,25)5/h8,20-21,24-25H,6-7,9-18H2,1-5H3/t20-,21+,24-,25+,27+,28-/m1/s1. The van der Waals surface area contributed by atoms with Gasteiger partial charge in [0, 0.05) is 12.8 Å². The summed E-state index contributed by atoms with van der Waals surface area (Å²) in [5, 5.41) is 0. The van der Waals surface area contributed by atoms with Gasteiger partial charge in [-0.2, -0.15) is 0 Å². The average molecular weight is 397 g/mol. The second-order valence-corrected chi connectivity index (χ2v) is 11.6. The van der Waals surface area contributed by atoms with E-state index in [0.29, 0.717) is 22.5 Å². The summed E-state index contributed by atoms with van der Waals surface area (Å²) < 4.78 is 0. The molecule has 0 unspecified atom stereocenters. The van der Waals surface area contributed by atoms with Crippen molar-refractivity contribution >= 4 is 5.78 Å². The Labute approximate surface area is 179 Å². The molecule has 0 heterocycles. The van der Waals surface area contributed by atoms with E-state index in [2.05, 4.69) is 40.7 Å². The number of carbonyl (C=O) groups is 1. The minimum Gasteiger partial charge on any atom is -0.300 e. The molecule has 0 bridgehead atoms. The molecule has 2 saturated carbocycles. The SMILES string of the molecule is CCC(C)=CCC[C@@H](C)[C@H]1CC[C@H]2C3=C(CC[C@]12C)[C@@]1(C)CCC(=O)C[C@@H]1CC3. The van der Waals surface area contributed by atoms with Crippen molar-refractivity contribution in [3.8, 4) is 0 Å². The number of ketones is 1. The molecule has 0 N–H and O–H groups in total. The molecule has 4 aliphatic carbocycles. The first-order chi connectivity index (χ1) is 13.8. The summed E-state index contributed by atoms with van der Waals surface area (Å²) in [7, 11) is 0. The number of allylic oxidation sites excluding steroid dienone is 4. The van der Waals surface area contributed by atoms with E-state index in [-0.39, 0.29) is 0 Å². The Morgan fingerprint density at radius 2 is 1.93 bits per heavy atom. The Morgan fingerprint density at radius 1 is 1.14 bits per heavy atom. The summed E-state index contributed by atoms with van der Waals surface area (Å²) in [6.45, 7) is 12.3. The van der Waals surface area contributed by atoms with Gasteiger partial charge in [0.25, 0.3) is 0 Å². The predicted octanol–water partition coefficient (Wildman–Crippen LogP) is 8.05. The first kappa shape index (κ1) is 21.4. The fourth-order valence-corrected chi connectivity index (χ4v) is 8.16. The lowest BCUT2D eigenvalue weighted by Gasteiger charge is -2.54. The lowest BCUT2D eigenvalue weighted by atomic mass is 9.50. The Bertz CT molecular complexity index is 712. The van der Waals surface area contributed by atoms with Gasteiger partial charge in [-0.1, -0.05) is 50.5 Å². The lowest BCUT2D eigenvalue weighted by molar-refractivity contribution is -0.124. The van der Waals surface area contributed by atoms with Gasteiger partial charge in [-0.3, -0.25) is 4.79 Å². The largest absolute Gasteiger partial charge is 0.300 e. The highest BCUT2D eigenvalue weighted by atomic mass is 16.1. The first-order valence-corrected chi connectivity index (χ1v) is 12.7. The number of fused-ring (bicyclic) bond motifs is 4. The van der Waals surface area contributed by atoms with Gasteiger partial charge < -0.3 is 0 Å². The molecule has 4 aliphatic rings. The number of hydrogen-bond donors (Lipinski definition) is 0. The van der Waals surface area contributed by atoms with Crippen molar-refractivity contribution < 1.29 is 4.79 Å². The Hall–Kier alpha value is -0.850. The first-order valence-electron chi connectivity index (χ1n) is 12.7. The lowest BCUT2D eigenvalue weighted by Crippen LogP contribution is -2.45. The molecule has 162 valence electrons. The molecule has 0 spiro atoms. The quantitative estimate of drug-likeness (QED) is 0.429. The van der Waals surface area contributed by atoms with Crippen LogP contribution in [0.3, 0.4) is 0 Å². The maximum absolute atomic E-state index is 12.1. The van der Waals surface area contributed by atoms with E-state index in [1.165, 1.54) is 57.8 Å². The summed E-state index contributed by atoms with van der Waals surface area (Å²) in [6, 6.07) is 0. The normalized spacial score (nSPS) is 41.1. The maximum atomic E-state index is 12.1. The smallest absolute Gasteiger partial charge is 0.133 e. The zero-order chi connectivity index (χ0) is 20.8. The number of rotatable bonds is 5. The summed E-state index contributed by atoms with van der Waals surface area (Å²) in [4.78, 5) is 12.1. The molecule has 6 atom stereocenters. The zero-order valence-electron chi connectivity index (χ0n) is 19.8. The van der Waals surface area contributed by atoms with Gasteiger partial charge in [0.1, 0.15) is 5.78 Å². The van der Waals surface area contributed by atoms with Crippen LogP contribution in [-0.2, 0) is 4.79 Å². The fourth-order valence-electron chi connectivity index (χ4n) is 8.16. The second kappa shape index (κ2) is 8.01. The van der Waals surface area contributed by atoms with Crippen LogP contribution in [0.25, 0.3) is 0 Å². The van der Waals surface area contributed by atoms with Crippen molar-refractivity contribution in [3.63, 3.8) is 0 Å². The van der Waals surface area contributed by atoms with Crippen molar-refractivity contribution in [2.45, 2.75) is 112 Å². The molecular weight excluding hydrogens is 352 g/mol. The fraction of sp³-hybridized carbons (Fsp3) is 0.821. The molecule has 0 aromatic rings. The Morgan fingerprint density at radius 3 is 2.69 bits per heavy atom. The van der Waals surface area contributed by atoms with Crippen molar-refractivity contribution in [1.82, 2.24) is 0 Å².